The zero-order valence-corrected chi connectivity index (χ0v) is 9.56. The summed E-state index contributed by atoms with van der Waals surface area (Å²) in [6, 6.07) is 0. The lowest BCUT2D eigenvalue weighted by molar-refractivity contribution is 0.222. The highest BCUT2D eigenvalue weighted by Gasteiger charge is 2.20. The highest BCUT2D eigenvalue weighted by Crippen LogP contribution is 2.30. The van der Waals surface area contributed by atoms with Gasteiger partial charge in [-0.1, -0.05) is 60.3 Å². The summed E-state index contributed by atoms with van der Waals surface area (Å²) in [6.45, 7) is 11.7. The molecule has 12 heavy (non-hydrogen) atoms. The third-order valence-corrected chi connectivity index (χ3v) is 3.58. The van der Waals surface area contributed by atoms with E-state index in [1.165, 1.54) is 25.7 Å². The van der Waals surface area contributed by atoms with Gasteiger partial charge in [-0.25, -0.2) is 0 Å². The average molecular weight is 170 g/mol. The van der Waals surface area contributed by atoms with E-state index in [1.54, 1.807) is 0 Å². The molecule has 0 N–H and O–H groups in total. The van der Waals surface area contributed by atoms with Gasteiger partial charge in [0.15, 0.2) is 0 Å². The first-order valence-electron chi connectivity index (χ1n) is 5.71. The standard InChI is InChI=1S/C12H26/c1-6-11(7-2)10(5)12(8-3)9-4/h10-12H,6-9H2,1-5H3. The van der Waals surface area contributed by atoms with E-state index in [0.29, 0.717) is 0 Å². The minimum atomic E-state index is 0.926. The minimum Gasteiger partial charge on any atom is -0.0651 e. The summed E-state index contributed by atoms with van der Waals surface area (Å²) in [5, 5.41) is 0. The van der Waals surface area contributed by atoms with Gasteiger partial charge >= 0.3 is 0 Å². The van der Waals surface area contributed by atoms with Gasteiger partial charge in [-0.15, -0.1) is 0 Å². The van der Waals surface area contributed by atoms with Crippen LogP contribution in [0.15, 0.2) is 0 Å². The fourth-order valence-electron chi connectivity index (χ4n) is 2.45. The fourth-order valence-corrected chi connectivity index (χ4v) is 2.45. The van der Waals surface area contributed by atoms with E-state index in [0.717, 1.165) is 17.8 Å². The minimum absolute atomic E-state index is 0.926. The van der Waals surface area contributed by atoms with Crippen LogP contribution in [-0.4, -0.2) is 0 Å². The molecule has 0 aliphatic carbocycles. The summed E-state index contributed by atoms with van der Waals surface area (Å²) < 4.78 is 0. The van der Waals surface area contributed by atoms with Crippen LogP contribution in [-0.2, 0) is 0 Å². The third kappa shape index (κ3) is 3.16. The summed E-state index contributed by atoms with van der Waals surface area (Å²) >= 11 is 0. The average Bonchev–Trinajstić information content (AvgIpc) is 2.09. The van der Waals surface area contributed by atoms with Crippen LogP contribution in [0.4, 0.5) is 0 Å². The van der Waals surface area contributed by atoms with E-state index in [9.17, 15) is 0 Å². The van der Waals surface area contributed by atoms with Crippen molar-refractivity contribution in [2.75, 3.05) is 0 Å². The van der Waals surface area contributed by atoms with E-state index < -0.39 is 0 Å². The van der Waals surface area contributed by atoms with Gasteiger partial charge in [-0.3, -0.25) is 0 Å². The molecule has 0 fully saturated rings. The molecule has 0 bridgehead atoms. The van der Waals surface area contributed by atoms with Crippen LogP contribution in [0.3, 0.4) is 0 Å². The lowest BCUT2D eigenvalue weighted by Gasteiger charge is -2.28. The summed E-state index contributed by atoms with van der Waals surface area (Å²) in [7, 11) is 0. The maximum Gasteiger partial charge on any atom is -0.0386 e. The molecule has 0 rings (SSSR count). The van der Waals surface area contributed by atoms with Gasteiger partial charge in [0.2, 0.25) is 0 Å². The van der Waals surface area contributed by atoms with Crippen LogP contribution in [0.2, 0.25) is 0 Å². The number of rotatable bonds is 6. The van der Waals surface area contributed by atoms with Crippen molar-refractivity contribution in [3.05, 3.63) is 0 Å². The summed E-state index contributed by atoms with van der Waals surface area (Å²) in [5.41, 5.74) is 0. The second-order valence-electron chi connectivity index (χ2n) is 4.01. The summed E-state index contributed by atoms with van der Waals surface area (Å²) in [5.74, 6) is 2.83. The van der Waals surface area contributed by atoms with Gasteiger partial charge in [-0.2, -0.15) is 0 Å². The van der Waals surface area contributed by atoms with Crippen LogP contribution >= 0.6 is 0 Å². The van der Waals surface area contributed by atoms with Crippen molar-refractivity contribution in [2.24, 2.45) is 17.8 Å². The van der Waals surface area contributed by atoms with Crippen molar-refractivity contribution in [3.63, 3.8) is 0 Å². The van der Waals surface area contributed by atoms with Crippen LogP contribution in [0.25, 0.3) is 0 Å². The highest BCUT2D eigenvalue weighted by atomic mass is 14.3. The molecule has 0 unspecified atom stereocenters. The van der Waals surface area contributed by atoms with E-state index in [1.807, 2.05) is 0 Å². The zero-order valence-electron chi connectivity index (χ0n) is 9.56. The number of hydrogen-bond donors (Lipinski definition) is 0. The molecule has 0 saturated heterocycles. The molecular weight excluding hydrogens is 144 g/mol. The van der Waals surface area contributed by atoms with Gasteiger partial charge in [-0.05, 0) is 17.8 Å². The van der Waals surface area contributed by atoms with Gasteiger partial charge < -0.3 is 0 Å². The maximum atomic E-state index is 2.44. The quantitative estimate of drug-likeness (QED) is 0.551. The lowest BCUT2D eigenvalue weighted by atomic mass is 9.78. The highest BCUT2D eigenvalue weighted by molar-refractivity contribution is 4.70. The Balaban J connectivity index is 4.02. The smallest absolute Gasteiger partial charge is 0.0386 e. The van der Waals surface area contributed by atoms with Crippen molar-refractivity contribution in [1.29, 1.82) is 0 Å². The first kappa shape index (κ1) is 12.0. The molecule has 74 valence electrons. The predicted octanol–water partition coefficient (Wildman–Crippen LogP) is 4.49. The first-order chi connectivity index (χ1) is 5.71. The molecule has 0 aromatic rings. The Hall–Kier alpha value is 0. The normalized spacial score (nSPS) is 12.0. The fraction of sp³-hybridized carbons (Fsp3) is 1.00. The van der Waals surface area contributed by atoms with Gasteiger partial charge in [0.25, 0.3) is 0 Å². The van der Waals surface area contributed by atoms with E-state index in [4.69, 9.17) is 0 Å². The van der Waals surface area contributed by atoms with Crippen LogP contribution in [0.1, 0.15) is 60.3 Å². The van der Waals surface area contributed by atoms with Gasteiger partial charge in [0.1, 0.15) is 0 Å². The Morgan fingerprint density at radius 1 is 0.667 bits per heavy atom. The third-order valence-electron chi connectivity index (χ3n) is 3.58. The summed E-state index contributed by atoms with van der Waals surface area (Å²) in [4.78, 5) is 0. The molecule has 0 aliphatic rings. The Bertz CT molecular complexity index is 76.2. The molecule has 0 aromatic heterocycles. The second kappa shape index (κ2) is 6.51. The Kier molecular flexibility index (Phi) is 6.51. The van der Waals surface area contributed by atoms with Crippen LogP contribution in [0, 0.1) is 17.8 Å². The molecular formula is C12H26. The zero-order chi connectivity index (χ0) is 9.56. The molecule has 0 heterocycles. The largest absolute Gasteiger partial charge is 0.0651 e. The number of hydrogen-bond acceptors (Lipinski definition) is 0. The Morgan fingerprint density at radius 3 is 1.08 bits per heavy atom. The van der Waals surface area contributed by atoms with E-state index in [-0.39, 0.29) is 0 Å². The molecule has 0 aromatic carbocycles. The Labute approximate surface area is 78.8 Å². The second-order valence-corrected chi connectivity index (χ2v) is 4.01. The summed E-state index contributed by atoms with van der Waals surface area (Å²) in [6.07, 6.45) is 5.42. The van der Waals surface area contributed by atoms with Gasteiger partial charge in [0, 0.05) is 0 Å². The Morgan fingerprint density at radius 2 is 0.917 bits per heavy atom. The molecule has 0 aliphatic heterocycles. The van der Waals surface area contributed by atoms with Crippen LogP contribution in [0.5, 0.6) is 0 Å². The van der Waals surface area contributed by atoms with E-state index in [2.05, 4.69) is 34.6 Å². The molecule has 0 atom stereocenters. The van der Waals surface area contributed by atoms with E-state index >= 15 is 0 Å². The van der Waals surface area contributed by atoms with Crippen molar-refractivity contribution < 1.29 is 0 Å². The SMILES string of the molecule is CCC(CC)C(C)C(CC)CC. The van der Waals surface area contributed by atoms with Crippen molar-refractivity contribution in [2.45, 2.75) is 60.3 Å². The molecule has 0 saturated carbocycles. The lowest BCUT2D eigenvalue weighted by Crippen LogP contribution is -2.19. The molecule has 0 amide bonds. The first-order valence-corrected chi connectivity index (χ1v) is 5.71. The van der Waals surface area contributed by atoms with Crippen molar-refractivity contribution in [1.82, 2.24) is 0 Å². The van der Waals surface area contributed by atoms with Gasteiger partial charge in [0.05, 0.1) is 0 Å². The van der Waals surface area contributed by atoms with Crippen molar-refractivity contribution >= 4 is 0 Å². The predicted molar refractivity (Wildman–Crippen MR) is 57.3 cm³/mol. The van der Waals surface area contributed by atoms with Crippen molar-refractivity contribution in [3.8, 4) is 0 Å². The topological polar surface area (TPSA) is 0 Å². The molecule has 0 radical (unpaired) electrons. The van der Waals surface area contributed by atoms with Crippen LogP contribution < -0.4 is 0 Å². The molecule has 0 heteroatoms. The maximum absolute atomic E-state index is 2.44. The molecule has 0 nitrogen and oxygen atoms in total. The molecule has 0 spiro atoms. The monoisotopic (exact) mass is 170 g/mol.